The Bertz CT molecular complexity index is 1360. The summed E-state index contributed by atoms with van der Waals surface area (Å²) in [7, 11) is 2.13. The van der Waals surface area contributed by atoms with Crippen LogP contribution in [0.5, 0.6) is 0 Å². The molecule has 0 bridgehead atoms. The Labute approximate surface area is 173 Å². The quantitative estimate of drug-likeness (QED) is 0.334. The smallest absolute Gasteiger partial charge is 0.158 e. The first-order valence-corrected chi connectivity index (χ1v) is 10.6. The van der Waals surface area contributed by atoms with Crippen molar-refractivity contribution < 1.29 is 0 Å². The van der Waals surface area contributed by atoms with Crippen molar-refractivity contribution in [3.05, 3.63) is 85.1 Å². The van der Waals surface area contributed by atoms with Gasteiger partial charge in [-0.3, -0.25) is 0 Å². The fourth-order valence-corrected chi connectivity index (χ4v) is 5.40. The largest absolute Gasteiger partial charge is 0.353 e. The first kappa shape index (κ1) is 16.6. The zero-order chi connectivity index (χ0) is 19.4. The van der Waals surface area contributed by atoms with Gasteiger partial charge in [-0.25, -0.2) is 4.98 Å². The van der Waals surface area contributed by atoms with Crippen molar-refractivity contribution in [3.63, 3.8) is 0 Å². The number of benzene rings is 3. The maximum absolute atomic E-state index is 4.90. The van der Waals surface area contributed by atoms with Crippen molar-refractivity contribution in [2.45, 2.75) is 0 Å². The number of anilines is 3. The van der Waals surface area contributed by atoms with Gasteiger partial charge in [-0.1, -0.05) is 48.5 Å². The summed E-state index contributed by atoms with van der Waals surface area (Å²) in [4.78, 5) is 9.43. The summed E-state index contributed by atoms with van der Waals surface area (Å²) in [6, 6.07) is 28.0. The number of pyridine rings is 1. The minimum absolute atomic E-state index is 0.807. The minimum Gasteiger partial charge on any atom is -0.353 e. The summed E-state index contributed by atoms with van der Waals surface area (Å²) >= 11 is 1.86. The highest BCUT2D eigenvalue weighted by atomic mass is 32.1. The third kappa shape index (κ3) is 2.53. The van der Waals surface area contributed by atoms with E-state index in [1.165, 1.54) is 42.7 Å². The van der Waals surface area contributed by atoms with E-state index in [4.69, 9.17) is 4.98 Å². The Hall–Kier alpha value is -3.37. The van der Waals surface area contributed by atoms with Crippen molar-refractivity contribution in [2.75, 3.05) is 23.5 Å². The molecular formula is C25H19N3S. The van der Waals surface area contributed by atoms with E-state index in [0.29, 0.717) is 0 Å². The third-order valence-electron chi connectivity index (χ3n) is 5.65. The summed E-state index contributed by atoms with van der Waals surface area (Å²) < 4.78 is 2.65. The first-order valence-electron chi connectivity index (χ1n) is 9.74. The van der Waals surface area contributed by atoms with E-state index in [1.54, 1.807) is 0 Å². The van der Waals surface area contributed by atoms with Gasteiger partial charge in [-0.05, 0) is 35.9 Å². The highest BCUT2D eigenvalue weighted by Gasteiger charge is 2.26. The predicted octanol–water partition coefficient (Wildman–Crippen LogP) is 6.66. The summed E-state index contributed by atoms with van der Waals surface area (Å²) in [5, 5.41) is 2.65. The van der Waals surface area contributed by atoms with Crippen LogP contribution in [0.25, 0.3) is 31.3 Å². The topological polar surface area (TPSA) is 19.4 Å². The van der Waals surface area contributed by atoms with Crippen LogP contribution in [-0.2, 0) is 0 Å². The maximum Gasteiger partial charge on any atom is 0.158 e. The van der Waals surface area contributed by atoms with Crippen molar-refractivity contribution in [2.24, 2.45) is 0 Å². The molecule has 1 aliphatic rings. The van der Waals surface area contributed by atoms with Gasteiger partial charge in [0, 0.05) is 44.7 Å². The van der Waals surface area contributed by atoms with Crippen LogP contribution in [0.3, 0.4) is 0 Å². The Morgan fingerprint density at radius 3 is 2.55 bits per heavy atom. The highest BCUT2D eigenvalue weighted by Crippen LogP contribution is 2.43. The second-order valence-corrected chi connectivity index (χ2v) is 8.53. The Balaban J connectivity index is 1.53. The molecule has 29 heavy (non-hydrogen) atoms. The van der Waals surface area contributed by atoms with E-state index in [2.05, 4.69) is 89.6 Å². The molecule has 4 heteroatoms. The van der Waals surface area contributed by atoms with Crippen LogP contribution in [0.15, 0.2) is 85.1 Å². The lowest BCUT2D eigenvalue weighted by molar-refractivity contribution is 0.944. The van der Waals surface area contributed by atoms with E-state index in [0.717, 1.165) is 12.5 Å². The van der Waals surface area contributed by atoms with E-state index >= 15 is 0 Å². The van der Waals surface area contributed by atoms with Crippen LogP contribution in [0.1, 0.15) is 0 Å². The van der Waals surface area contributed by atoms with Gasteiger partial charge in [-0.2, -0.15) is 0 Å². The Morgan fingerprint density at radius 1 is 0.862 bits per heavy atom. The standard InChI is InChI=1S/C25H19N3S/c1-27-16-28(18-8-3-2-4-9-18)25-21(27)14-17(15-26-25)19-11-7-13-23-24(19)20-10-5-6-12-22(20)29-23/h2-15H,16H2,1H3. The number of hydrogen-bond acceptors (Lipinski definition) is 4. The Kier molecular flexibility index (Phi) is 3.61. The lowest BCUT2D eigenvalue weighted by Gasteiger charge is -2.18. The molecule has 0 saturated carbocycles. The summed E-state index contributed by atoms with van der Waals surface area (Å²) in [5.74, 6) is 1.02. The Morgan fingerprint density at radius 2 is 1.66 bits per heavy atom. The van der Waals surface area contributed by atoms with Gasteiger partial charge in [-0.15, -0.1) is 11.3 Å². The van der Waals surface area contributed by atoms with Gasteiger partial charge >= 0.3 is 0 Å². The highest BCUT2D eigenvalue weighted by molar-refractivity contribution is 7.25. The molecule has 0 atom stereocenters. The zero-order valence-corrected chi connectivity index (χ0v) is 16.9. The fourth-order valence-electron chi connectivity index (χ4n) is 4.26. The van der Waals surface area contributed by atoms with Crippen LogP contribution in [0.4, 0.5) is 17.2 Å². The monoisotopic (exact) mass is 393 g/mol. The molecule has 3 nitrogen and oxygen atoms in total. The van der Waals surface area contributed by atoms with Crippen molar-refractivity contribution in [1.29, 1.82) is 0 Å². The van der Waals surface area contributed by atoms with E-state index < -0.39 is 0 Å². The normalized spacial score (nSPS) is 13.4. The second-order valence-electron chi connectivity index (χ2n) is 7.45. The maximum atomic E-state index is 4.90. The molecule has 0 spiro atoms. The summed E-state index contributed by atoms with van der Waals surface area (Å²) in [6.07, 6.45) is 2.02. The number of nitrogens with zero attached hydrogens (tertiary/aromatic N) is 3. The SMILES string of the molecule is CN1CN(c2ccccc2)c2ncc(-c3cccc4sc5ccccc5c34)cc21. The number of aromatic nitrogens is 1. The molecule has 1 aliphatic heterocycles. The third-order valence-corrected chi connectivity index (χ3v) is 6.79. The van der Waals surface area contributed by atoms with Crippen LogP contribution >= 0.6 is 11.3 Å². The molecule has 6 rings (SSSR count). The average molecular weight is 394 g/mol. The number of thiophene rings is 1. The molecular weight excluding hydrogens is 374 g/mol. The lowest BCUT2D eigenvalue weighted by atomic mass is 10.0. The van der Waals surface area contributed by atoms with Gasteiger partial charge in [0.2, 0.25) is 0 Å². The second kappa shape index (κ2) is 6.33. The molecule has 0 fully saturated rings. The molecule has 0 radical (unpaired) electrons. The predicted molar refractivity (Wildman–Crippen MR) is 124 cm³/mol. The molecule has 0 aliphatic carbocycles. The average Bonchev–Trinajstić information content (AvgIpc) is 3.32. The van der Waals surface area contributed by atoms with Crippen LogP contribution in [0, 0.1) is 0 Å². The van der Waals surface area contributed by atoms with Crippen molar-refractivity contribution in [1.82, 2.24) is 4.98 Å². The molecule has 0 unspecified atom stereocenters. The number of para-hydroxylation sites is 1. The van der Waals surface area contributed by atoms with Crippen LogP contribution < -0.4 is 9.80 Å². The minimum atomic E-state index is 0.807. The molecule has 140 valence electrons. The molecule has 5 aromatic rings. The number of rotatable bonds is 2. The first-order chi connectivity index (χ1) is 14.3. The number of hydrogen-bond donors (Lipinski definition) is 0. The van der Waals surface area contributed by atoms with Gasteiger partial charge in [0.15, 0.2) is 5.82 Å². The van der Waals surface area contributed by atoms with Gasteiger partial charge in [0.1, 0.15) is 0 Å². The van der Waals surface area contributed by atoms with Gasteiger partial charge < -0.3 is 9.80 Å². The van der Waals surface area contributed by atoms with Gasteiger partial charge in [0.25, 0.3) is 0 Å². The number of fused-ring (bicyclic) bond motifs is 4. The van der Waals surface area contributed by atoms with Crippen LogP contribution in [0.2, 0.25) is 0 Å². The molecule has 2 aromatic heterocycles. The zero-order valence-electron chi connectivity index (χ0n) is 16.0. The van der Waals surface area contributed by atoms with E-state index in [9.17, 15) is 0 Å². The molecule has 0 N–H and O–H groups in total. The molecule has 3 aromatic carbocycles. The summed E-state index contributed by atoms with van der Waals surface area (Å²) in [5.41, 5.74) is 4.76. The van der Waals surface area contributed by atoms with Crippen molar-refractivity contribution >= 4 is 48.7 Å². The van der Waals surface area contributed by atoms with Crippen molar-refractivity contribution in [3.8, 4) is 11.1 Å². The molecule has 3 heterocycles. The fraction of sp³-hybridized carbons (Fsp3) is 0.0800. The van der Waals surface area contributed by atoms with Gasteiger partial charge in [0.05, 0.1) is 12.4 Å². The van der Waals surface area contributed by atoms with E-state index in [1.807, 2.05) is 23.6 Å². The van der Waals surface area contributed by atoms with E-state index in [-0.39, 0.29) is 0 Å². The molecule has 0 amide bonds. The lowest BCUT2D eigenvalue weighted by Crippen LogP contribution is -2.24. The van der Waals surface area contributed by atoms with Crippen LogP contribution in [-0.4, -0.2) is 18.7 Å². The molecule has 0 saturated heterocycles. The summed E-state index contributed by atoms with van der Waals surface area (Å²) in [6.45, 7) is 0.807.